The van der Waals surface area contributed by atoms with Gasteiger partial charge in [0.25, 0.3) is 0 Å². The predicted molar refractivity (Wildman–Crippen MR) is 125 cm³/mol. The van der Waals surface area contributed by atoms with Crippen molar-refractivity contribution < 1.29 is 9.59 Å². The summed E-state index contributed by atoms with van der Waals surface area (Å²) in [4.78, 5) is 41.1. The normalized spacial score (nSPS) is 24.1. The molecule has 172 valence electrons. The number of hydrogen-bond donors (Lipinski definition) is 0. The summed E-state index contributed by atoms with van der Waals surface area (Å²) in [5.41, 5.74) is 1.89. The highest BCUT2D eigenvalue weighted by Gasteiger charge is 2.54. The van der Waals surface area contributed by atoms with Gasteiger partial charge in [0, 0.05) is 69.7 Å². The van der Waals surface area contributed by atoms with Crippen molar-refractivity contribution in [3.05, 3.63) is 54.0 Å². The largest absolute Gasteiger partial charge is 0.353 e. The Morgan fingerprint density at radius 3 is 2.36 bits per heavy atom. The SMILES string of the molecule is O=C(C1CC1)N1CCN(c2ccc(C3(C(=O)N4CCC(c5cccnc5)C4)CC3)cn2)CC1. The second kappa shape index (κ2) is 8.12. The molecule has 7 heteroatoms. The Hall–Kier alpha value is -2.96. The van der Waals surface area contributed by atoms with Crippen LogP contribution in [0, 0.1) is 5.92 Å². The lowest BCUT2D eigenvalue weighted by Gasteiger charge is -2.35. The number of carbonyl (C=O) groups is 2. The number of aromatic nitrogens is 2. The fourth-order valence-corrected chi connectivity index (χ4v) is 5.49. The van der Waals surface area contributed by atoms with Crippen molar-refractivity contribution in [2.75, 3.05) is 44.2 Å². The Bertz CT molecular complexity index is 1020. The number of likely N-dealkylation sites (tertiary alicyclic amines) is 1. The molecule has 6 rings (SSSR count). The van der Waals surface area contributed by atoms with Crippen LogP contribution in [0.25, 0.3) is 0 Å². The molecule has 7 nitrogen and oxygen atoms in total. The topological polar surface area (TPSA) is 69.6 Å². The van der Waals surface area contributed by atoms with Gasteiger partial charge in [0.2, 0.25) is 11.8 Å². The molecule has 0 N–H and O–H groups in total. The molecule has 2 saturated heterocycles. The highest BCUT2D eigenvalue weighted by molar-refractivity contribution is 5.91. The van der Waals surface area contributed by atoms with Crippen LogP contribution in [0.1, 0.15) is 49.1 Å². The molecule has 4 aliphatic rings. The third-order valence-electron chi connectivity index (χ3n) is 7.93. The highest BCUT2D eigenvalue weighted by Crippen LogP contribution is 2.50. The van der Waals surface area contributed by atoms with Crippen molar-refractivity contribution in [3.63, 3.8) is 0 Å². The van der Waals surface area contributed by atoms with Crippen LogP contribution in [0.4, 0.5) is 5.82 Å². The molecule has 1 atom stereocenters. The third-order valence-corrected chi connectivity index (χ3v) is 7.93. The zero-order chi connectivity index (χ0) is 22.4. The molecule has 0 radical (unpaired) electrons. The van der Waals surface area contributed by atoms with Gasteiger partial charge in [0.1, 0.15) is 5.82 Å². The Kier molecular flexibility index (Phi) is 5.07. The lowest BCUT2D eigenvalue weighted by atomic mass is 9.95. The Balaban J connectivity index is 1.09. The molecule has 1 unspecified atom stereocenters. The summed E-state index contributed by atoms with van der Waals surface area (Å²) in [7, 11) is 0. The van der Waals surface area contributed by atoms with E-state index < -0.39 is 0 Å². The number of anilines is 1. The maximum Gasteiger partial charge on any atom is 0.233 e. The van der Waals surface area contributed by atoms with Crippen LogP contribution in [-0.2, 0) is 15.0 Å². The molecule has 33 heavy (non-hydrogen) atoms. The molecular formula is C26H31N5O2. The standard InChI is InChI=1S/C26H31N5O2/c32-24(19-3-4-19)30-14-12-29(13-15-30)23-6-5-22(17-28-23)26(8-9-26)25(33)31-11-7-21(18-31)20-2-1-10-27-16-20/h1-2,5-6,10,16-17,19,21H,3-4,7-9,11-15,18H2. The summed E-state index contributed by atoms with van der Waals surface area (Å²) in [5.74, 6) is 2.20. The zero-order valence-corrected chi connectivity index (χ0v) is 19.0. The van der Waals surface area contributed by atoms with E-state index in [2.05, 4.69) is 33.0 Å². The van der Waals surface area contributed by atoms with Crippen molar-refractivity contribution in [2.24, 2.45) is 5.92 Å². The summed E-state index contributed by atoms with van der Waals surface area (Å²) in [6.07, 6.45) is 10.6. The molecule has 2 aliphatic heterocycles. The minimum atomic E-state index is -0.384. The average molecular weight is 446 g/mol. The molecule has 2 amide bonds. The first kappa shape index (κ1) is 20.6. The first-order valence-corrected chi connectivity index (χ1v) is 12.3. The number of pyridine rings is 2. The zero-order valence-electron chi connectivity index (χ0n) is 19.0. The molecule has 0 aromatic carbocycles. The molecule has 0 bridgehead atoms. The van der Waals surface area contributed by atoms with Gasteiger partial charge >= 0.3 is 0 Å². The summed E-state index contributed by atoms with van der Waals surface area (Å²) >= 11 is 0. The van der Waals surface area contributed by atoms with E-state index in [4.69, 9.17) is 4.98 Å². The van der Waals surface area contributed by atoms with Crippen molar-refractivity contribution in [1.29, 1.82) is 0 Å². The molecule has 4 heterocycles. The van der Waals surface area contributed by atoms with Crippen molar-refractivity contribution >= 4 is 17.6 Å². The summed E-state index contributed by atoms with van der Waals surface area (Å²) in [6.45, 7) is 4.77. The van der Waals surface area contributed by atoms with E-state index in [0.29, 0.717) is 11.8 Å². The molecule has 2 aromatic rings. The van der Waals surface area contributed by atoms with Crippen LogP contribution in [0.2, 0.25) is 0 Å². The number of amides is 2. The minimum Gasteiger partial charge on any atom is -0.353 e. The minimum absolute atomic E-state index is 0.260. The Morgan fingerprint density at radius 1 is 0.909 bits per heavy atom. The van der Waals surface area contributed by atoms with Crippen LogP contribution in [-0.4, -0.2) is 70.9 Å². The van der Waals surface area contributed by atoms with E-state index >= 15 is 0 Å². The summed E-state index contributed by atoms with van der Waals surface area (Å²) in [5, 5.41) is 0. The Labute approximate surface area is 194 Å². The number of carbonyl (C=O) groups excluding carboxylic acids is 2. The van der Waals surface area contributed by atoms with Crippen molar-refractivity contribution in [2.45, 2.75) is 43.4 Å². The average Bonchev–Trinajstić information content (AvgIpc) is 3.81. The number of rotatable bonds is 5. The molecule has 2 saturated carbocycles. The van der Waals surface area contributed by atoms with Gasteiger partial charge < -0.3 is 14.7 Å². The van der Waals surface area contributed by atoms with Crippen LogP contribution in [0.3, 0.4) is 0 Å². The van der Waals surface area contributed by atoms with Gasteiger partial charge in [0.15, 0.2) is 0 Å². The number of piperazine rings is 1. The quantitative estimate of drug-likeness (QED) is 0.708. The summed E-state index contributed by atoms with van der Waals surface area (Å²) < 4.78 is 0. The van der Waals surface area contributed by atoms with Gasteiger partial charge in [-0.2, -0.15) is 0 Å². The molecule has 2 aliphatic carbocycles. The molecule has 2 aromatic heterocycles. The lowest BCUT2D eigenvalue weighted by molar-refractivity contribution is -0.133. The van der Waals surface area contributed by atoms with Crippen molar-refractivity contribution in [1.82, 2.24) is 19.8 Å². The smallest absolute Gasteiger partial charge is 0.233 e. The molecule has 4 fully saturated rings. The van der Waals surface area contributed by atoms with Gasteiger partial charge in [-0.3, -0.25) is 14.6 Å². The summed E-state index contributed by atoms with van der Waals surface area (Å²) in [6, 6.07) is 8.25. The first-order valence-electron chi connectivity index (χ1n) is 12.3. The van der Waals surface area contributed by atoms with E-state index in [-0.39, 0.29) is 17.2 Å². The number of nitrogens with zero attached hydrogens (tertiary/aromatic N) is 5. The fraction of sp³-hybridized carbons (Fsp3) is 0.538. The maximum atomic E-state index is 13.5. The van der Waals surface area contributed by atoms with Crippen LogP contribution in [0.15, 0.2) is 42.9 Å². The van der Waals surface area contributed by atoms with Crippen molar-refractivity contribution in [3.8, 4) is 0 Å². The van der Waals surface area contributed by atoms with E-state index in [1.54, 1.807) is 6.20 Å². The molecule has 0 spiro atoms. The highest BCUT2D eigenvalue weighted by atomic mass is 16.2. The third kappa shape index (κ3) is 3.87. The molecular weight excluding hydrogens is 414 g/mol. The first-order chi connectivity index (χ1) is 16.1. The van der Waals surface area contributed by atoms with E-state index in [0.717, 1.165) is 82.8 Å². The van der Waals surface area contributed by atoms with E-state index in [9.17, 15) is 9.59 Å². The predicted octanol–water partition coefficient (Wildman–Crippen LogP) is 2.58. The van der Waals surface area contributed by atoms with Gasteiger partial charge in [0.05, 0.1) is 5.41 Å². The van der Waals surface area contributed by atoms with Gasteiger partial charge in [-0.05, 0) is 55.4 Å². The number of hydrogen-bond acceptors (Lipinski definition) is 5. The van der Waals surface area contributed by atoms with Gasteiger partial charge in [-0.25, -0.2) is 4.98 Å². The lowest BCUT2D eigenvalue weighted by Crippen LogP contribution is -2.49. The Morgan fingerprint density at radius 2 is 1.73 bits per heavy atom. The second-order valence-corrected chi connectivity index (χ2v) is 10.1. The van der Waals surface area contributed by atoms with Crippen LogP contribution < -0.4 is 4.90 Å². The maximum absolute atomic E-state index is 13.5. The monoisotopic (exact) mass is 445 g/mol. The van der Waals surface area contributed by atoms with E-state index in [1.165, 1.54) is 5.56 Å². The van der Waals surface area contributed by atoms with Crippen LogP contribution >= 0.6 is 0 Å². The van der Waals surface area contributed by atoms with E-state index in [1.807, 2.05) is 23.4 Å². The van der Waals surface area contributed by atoms with Crippen LogP contribution in [0.5, 0.6) is 0 Å². The van der Waals surface area contributed by atoms with Gasteiger partial charge in [-0.15, -0.1) is 0 Å². The fourth-order valence-electron chi connectivity index (χ4n) is 5.49. The van der Waals surface area contributed by atoms with Gasteiger partial charge in [-0.1, -0.05) is 12.1 Å². The second-order valence-electron chi connectivity index (χ2n) is 10.1.